The van der Waals surface area contributed by atoms with E-state index in [1.165, 1.54) is 5.56 Å². The monoisotopic (exact) mass is 248 g/mol. The number of anilines is 1. The van der Waals surface area contributed by atoms with Crippen LogP contribution in [0.2, 0.25) is 0 Å². The Kier molecular flexibility index (Phi) is 4.20. The smallest absolute Gasteiger partial charge is 0.242 e. The quantitative estimate of drug-likeness (QED) is 0.688. The molecular weight excluding hydrogens is 228 g/mol. The lowest BCUT2D eigenvalue weighted by molar-refractivity contribution is -0.121. The Hall–Kier alpha value is -1.55. The first-order chi connectivity index (χ1) is 8.66. The van der Waals surface area contributed by atoms with Gasteiger partial charge in [-0.15, -0.1) is 0 Å². The number of benzene rings is 1. The van der Waals surface area contributed by atoms with Crippen molar-refractivity contribution in [3.05, 3.63) is 29.8 Å². The first kappa shape index (κ1) is 12.9. The van der Waals surface area contributed by atoms with Crippen LogP contribution in [-0.2, 0) is 11.2 Å². The second-order valence-electron chi connectivity index (χ2n) is 4.84. The number of nitrogens with one attached hydrogen (secondary N) is 2. The highest BCUT2D eigenvalue weighted by Crippen LogP contribution is 2.24. The minimum Gasteiger partial charge on any atom is -0.393 e. The van der Waals surface area contributed by atoms with Crippen LogP contribution in [0.15, 0.2) is 24.3 Å². The highest BCUT2D eigenvalue weighted by molar-refractivity contribution is 5.87. The van der Waals surface area contributed by atoms with E-state index in [1.807, 2.05) is 24.3 Å². The largest absolute Gasteiger partial charge is 0.393 e. The topological polar surface area (TPSA) is 61.4 Å². The Labute approximate surface area is 107 Å². The van der Waals surface area contributed by atoms with Crippen molar-refractivity contribution in [1.82, 2.24) is 5.32 Å². The average molecular weight is 248 g/mol. The molecule has 1 unspecified atom stereocenters. The van der Waals surface area contributed by atoms with Gasteiger partial charge in [0.1, 0.15) is 6.04 Å². The Bertz CT molecular complexity index is 393. The van der Waals surface area contributed by atoms with Crippen LogP contribution in [0.25, 0.3) is 0 Å². The van der Waals surface area contributed by atoms with Gasteiger partial charge in [0.05, 0.1) is 6.10 Å². The zero-order chi connectivity index (χ0) is 13.0. The van der Waals surface area contributed by atoms with Crippen LogP contribution in [0.5, 0.6) is 0 Å². The molecule has 0 saturated heterocycles. The normalized spacial score (nSPS) is 18.9. The van der Waals surface area contributed by atoms with E-state index >= 15 is 0 Å². The summed E-state index contributed by atoms with van der Waals surface area (Å²) < 4.78 is 0. The summed E-state index contributed by atoms with van der Waals surface area (Å²) in [5.41, 5.74) is 2.25. The van der Waals surface area contributed by atoms with E-state index in [4.69, 9.17) is 5.11 Å². The van der Waals surface area contributed by atoms with E-state index in [2.05, 4.69) is 10.6 Å². The third-order valence-electron chi connectivity index (χ3n) is 3.19. The molecule has 0 radical (unpaired) electrons. The first-order valence-corrected chi connectivity index (χ1v) is 6.47. The van der Waals surface area contributed by atoms with Crippen LogP contribution in [0.1, 0.15) is 25.3 Å². The number of para-hydroxylation sites is 1. The third-order valence-corrected chi connectivity index (χ3v) is 3.19. The minimum absolute atomic E-state index is 0.0387. The number of carbonyl (C=O) groups excluding carboxylic acids is 1. The van der Waals surface area contributed by atoms with Crippen molar-refractivity contribution >= 4 is 11.6 Å². The zero-order valence-electron chi connectivity index (χ0n) is 10.6. The number of hydrogen-bond donors (Lipinski definition) is 3. The SMILES string of the molecule is CC(O)CCCNC(=O)[C@@H]1Cc2ccccc2N1. The fraction of sp³-hybridized carbons (Fsp3) is 0.500. The van der Waals surface area contributed by atoms with E-state index < -0.39 is 0 Å². The number of aliphatic hydroxyl groups is 1. The first-order valence-electron chi connectivity index (χ1n) is 6.47. The van der Waals surface area contributed by atoms with Crippen molar-refractivity contribution in [2.45, 2.75) is 38.3 Å². The van der Waals surface area contributed by atoms with Gasteiger partial charge >= 0.3 is 0 Å². The van der Waals surface area contributed by atoms with Crippen LogP contribution in [0, 0.1) is 0 Å². The molecule has 1 amide bonds. The maximum Gasteiger partial charge on any atom is 0.242 e. The lowest BCUT2D eigenvalue weighted by Crippen LogP contribution is -2.38. The van der Waals surface area contributed by atoms with Crippen molar-refractivity contribution in [1.29, 1.82) is 0 Å². The molecule has 1 aromatic carbocycles. The number of rotatable bonds is 5. The number of carbonyl (C=O) groups is 1. The van der Waals surface area contributed by atoms with E-state index in [9.17, 15) is 4.79 Å². The molecule has 98 valence electrons. The van der Waals surface area contributed by atoms with E-state index in [0.717, 1.165) is 24.9 Å². The zero-order valence-corrected chi connectivity index (χ0v) is 10.6. The van der Waals surface area contributed by atoms with Crippen molar-refractivity contribution < 1.29 is 9.90 Å². The van der Waals surface area contributed by atoms with Crippen molar-refractivity contribution in [3.63, 3.8) is 0 Å². The van der Waals surface area contributed by atoms with Gasteiger partial charge in [0, 0.05) is 18.7 Å². The lowest BCUT2D eigenvalue weighted by atomic mass is 10.1. The van der Waals surface area contributed by atoms with E-state index in [1.54, 1.807) is 6.92 Å². The van der Waals surface area contributed by atoms with E-state index in [0.29, 0.717) is 6.54 Å². The summed E-state index contributed by atoms with van der Waals surface area (Å²) in [6, 6.07) is 7.84. The molecule has 0 aliphatic carbocycles. The molecule has 0 spiro atoms. The molecule has 1 aliphatic rings. The van der Waals surface area contributed by atoms with Crippen LogP contribution < -0.4 is 10.6 Å². The Morgan fingerprint density at radius 1 is 1.56 bits per heavy atom. The predicted octanol–water partition coefficient (Wildman–Crippen LogP) is 1.30. The molecule has 1 aliphatic heterocycles. The molecule has 3 N–H and O–H groups in total. The van der Waals surface area contributed by atoms with Gasteiger partial charge in [-0.25, -0.2) is 0 Å². The van der Waals surface area contributed by atoms with Crippen molar-refractivity contribution in [3.8, 4) is 0 Å². The molecule has 0 fully saturated rings. The summed E-state index contributed by atoms with van der Waals surface area (Å²) in [5.74, 6) is 0.0387. The summed E-state index contributed by atoms with van der Waals surface area (Å²) in [6.45, 7) is 2.38. The van der Waals surface area contributed by atoms with Gasteiger partial charge in [0.2, 0.25) is 5.91 Å². The third kappa shape index (κ3) is 3.23. The molecule has 2 rings (SSSR count). The number of aliphatic hydroxyl groups excluding tert-OH is 1. The molecule has 0 bridgehead atoms. The maximum atomic E-state index is 11.9. The highest BCUT2D eigenvalue weighted by Gasteiger charge is 2.25. The molecule has 2 atom stereocenters. The van der Waals surface area contributed by atoms with Gasteiger partial charge in [-0.2, -0.15) is 0 Å². The van der Waals surface area contributed by atoms with Gasteiger partial charge < -0.3 is 15.7 Å². The number of amides is 1. The summed E-state index contributed by atoms with van der Waals surface area (Å²) in [7, 11) is 0. The highest BCUT2D eigenvalue weighted by atomic mass is 16.3. The summed E-state index contributed by atoms with van der Waals surface area (Å²) in [6.07, 6.45) is 1.98. The van der Waals surface area contributed by atoms with Crippen LogP contribution in [0.3, 0.4) is 0 Å². The molecule has 1 aromatic rings. The molecule has 1 heterocycles. The maximum absolute atomic E-state index is 11.9. The standard InChI is InChI=1S/C14H20N2O2/c1-10(17)5-4-8-15-14(18)13-9-11-6-2-3-7-12(11)16-13/h2-3,6-7,10,13,16-17H,4-5,8-9H2,1H3,(H,15,18)/t10?,13-/m0/s1. The van der Waals surface area contributed by atoms with Gasteiger partial charge in [-0.1, -0.05) is 18.2 Å². The average Bonchev–Trinajstić information content (AvgIpc) is 2.78. The van der Waals surface area contributed by atoms with Crippen LogP contribution in [-0.4, -0.2) is 29.7 Å². The van der Waals surface area contributed by atoms with Gasteiger partial charge in [0.15, 0.2) is 0 Å². The summed E-state index contributed by atoms with van der Waals surface area (Å²) in [5, 5.41) is 15.2. The van der Waals surface area contributed by atoms with Crippen molar-refractivity contribution in [2.75, 3.05) is 11.9 Å². The second kappa shape index (κ2) is 5.87. The van der Waals surface area contributed by atoms with Gasteiger partial charge in [-0.3, -0.25) is 4.79 Å². The molecule has 0 saturated carbocycles. The molecule has 4 heteroatoms. The molecule has 4 nitrogen and oxygen atoms in total. The number of hydrogen-bond acceptors (Lipinski definition) is 3. The summed E-state index contributed by atoms with van der Waals surface area (Å²) >= 11 is 0. The Morgan fingerprint density at radius 2 is 2.33 bits per heavy atom. The minimum atomic E-state index is -0.296. The van der Waals surface area contributed by atoms with Crippen LogP contribution >= 0.6 is 0 Å². The fourth-order valence-electron chi connectivity index (χ4n) is 2.19. The van der Waals surface area contributed by atoms with E-state index in [-0.39, 0.29) is 18.1 Å². The predicted molar refractivity (Wildman–Crippen MR) is 71.5 cm³/mol. The van der Waals surface area contributed by atoms with Crippen molar-refractivity contribution in [2.24, 2.45) is 0 Å². The molecule has 18 heavy (non-hydrogen) atoms. The lowest BCUT2D eigenvalue weighted by Gasteiger charge is -2.12. The summed E-state index contributed by atoms with van der Waals surface area (Å²) in [4.78, 5) is 11.9. The van der Waals surface area contributed by atoms with Crippen LogP contribution in [0.4, 0.5) is 5.69 Å². The molecule has 0 aromatic heterocycles. The Balaban J connectivity index is 1.76. The number of fused-ring (bicyclic) bond motifs is 1. The molecular formula is C14H20N2O2. The Morgan fingerprint density at radius 3 is 3.06 bits per heavy atom. The fourth-order valence-corrected chi connectivity index (χ4v) is 2.19. The van der Waals surface area contributed by atoms with Gasteiger partial charge in [-0.05, 0) is 31.4 Å². The second-order valence-corrected chi connectivity index (χ2v) is 4.84. The van der Waals surface area contributed by atoms with Gasteiger partial charge in [0.25, 0.3) is 0 Å².